The smallest absolute Gasteiger partial charge is 0.306 e. The van der Waals surface area contributed by atoms with Crippen LogP contribution < -0.4 is 0 Å². The molecule has 1 aliphatic heterocycles. The molecule has 0 aromatic heterocycles. The lowest BCUT2D eigenvalue weighted by atomic mass is 9.46. The maximum Gasteiger partial charge on any atom is 0.306 e. The quantitative estimate of drug-likeness (QED) is 0.605. The molecule has 1 spiro atoms. The van der Waals surface area contributed by atoms with Gasteiger partial charge in [0, 0.05) is 18.3 Å². The summed E-state index contributed by atoms with van der Waals surface area (Å²) in [5.74, 6) is 2.51. The minimum atomic E-state index is -0.167. The zero-order valence-electron chi connectivity index (χ0n) is 15.6. The molecular weight excluding hydrogens is 312 g/mol. The van der Waals surface area contributed by atoms with E-state index in [1.807, 2.05) is 6.08 Å². The van der Waals surface area contributed by atoms with Crippen molar-refractivity contribution in [2.24, 2.45) is 28.6 Å². The first-order chi connectivity index (χ1) is 11.9. The van der Waals surface area contributed by atoms with Crippen molar-refractivity contribution in [1.29, 1.82) is 0 Å². The van der Waals surface area contributed by atoms with E-state index in [0.717, 1.165) is 38.0 Å². The van der Waals surface area contributed by atoms with Crippen LogP contribution in [0.4, 0.5) is 0 Å². The lowest BCUT2D eigenvalue weighted by Gasteiger charge is -2.59. The lowest BCUT2D eigenvalue weighted by molar-refractivity contribution is -0.168. The summed E-state index contributed by atoms with van der Waals surface area (Å²) in [6.45, 7) is 4.86. The van der Waals surface area contributed by atoms with Crippen molar-refractivity contribution in [3.8, 4) is 0 Å². The molecule has 3 saturated carbocycles. The fourth-order valence-electron chi connectivity index (χ4n) is 7.85. The van der Waals surface area contributed by atoms with Gasteiger partial charge in [-0.1, -0.05) is 19.4 Å². The third kappa shape index (κ3) is 1.93. The van der Waals surface area contributed by atoms with E-state index in [4.69, 9.17) is 4.74 Å². The predicted octanol–water partition coefficient (Wildman–Crippen LogP) is 4.59. The Morgan fingerprint density at radius 2 is 1.72 bits per heavy atom. The van der Waals surface area contributed by atoms with Crippen LogP contribution in [-0.2, 0) is 14.3 Å². The second-order valence-corrected chi connectivity index (χ2v) is 9.93. The van der Waals surface area contributed by atoms with Gasteiger partial charge >= 0.3 is 5.97 Å². The minimum Gasteiger partial charge on any atom is -0.458 e. The highest BCUT2D eigenvalue weighted by Gasteiger charge is 2.66. The van der Waals surface area contributed by atoms with Crippen LogP contribution in [0.15, 0.2) is 11.6 Å². The predicted molar refractivity (Wildman–Crippen MR) is 94.8 cm³/mol. The van der Waals surface area contributed by atoms with Gasteiger partial charge in [0.25, 0.3) is 0 Å². The first-order valence-corrected chi connectivity index (χ1v) is 10.3. The number of ketones is 1. The zero-order valence-corrected chi connectivity index (χ0v) is 15.6. The van der Waals surface area contributed by atoms with Crippen LogP contribution in [-0.4, -0.2) is 17.4 Å². The van der Waals surface area contributed by atoms with Crippen molar-refractivity contribution in [3.63, 3.8) is 0 Å². The molecule has 3 nitrogen and oxygen atoms in total. The summed E-state index contributed by atoms with van der Waals surface area (Å²) in [6, 6.07) is 0. The Morgan fingerprint density at radius 3 is 2.48 bits per heavy atom. The van der Waals surface area contributed by atoms with Crippen LogP contribution in [0.3, 0.4) is 0 Å². The monoisotopic (exact) mass is 342 g/mol. The van der Waals surface area contributed by atoms with Gasteiger partial charge in [-0.15, -0.1) is 0 Å². The number of hydrogen-bond donors (Lipinski definition) is 0. The Morgan fingerprint density at radius 1 is 0.920 bits per heavy atom. The van der Waals surface area contributed by atoms with Crippen molar-refractivity contribution in [1.82, 2.24) is 0 Å². The number of allylic oxidation sites excluding steroid dienone is 1. The van der Waals surface area contributed by atoms with E-state index < -0.39 is 0 Å². The average molecular weight is 342 g/mol. The number of rotatable bonds is 0. The number of hydrogen-bond acceptors (Lipinski definition) is 3. The second-order valence-electron chi connectivity index (χ2n) is 9.93. The molecule has 0 radical (unpaired) electrons. The molecular formula is C22H30O3. The highest BCUT2D eigenvalue weighted by Crippen LogP contribution is 2.69. The van der Waals surface area contributed by atoms with Crippen LogP contribution in [0, 0.1) is 28.6 Å². The molecule has 1 heterocycles. The van der Waals surface area contributed by atoms with Crippen molar-refractivity contribution in [2.75, 3.05) is 0 Å². The van der Waals surface area contributed by atoms with Crippen molar-refractivity contribution in [3.05, 3.63) is 11.6 Å². The first kappa shape index (κ1) is 16.1. The minimum absolute atomic E-state index is 0.0237. The van der Waals surface area contributed by atoms with E-state index in [1.54, 1.807) is 0 Å². The first-order valence-electron chi connectivity index (χ1n) is 10.3. The molecule has 1 saturated heterocycles. The van der Waals surface area contributed by atoms with Gasteiger partial charge in [-0.25, -0.2) is 0 Å². The Bertz CT molecular complexity index is 679. The van der Waals surface area contributed by atoms with Crippen LogP contribution >= 0.6 is 0 Å². The van der Waals surface area contributed by atoms with Crippen LogP contribution in [0.2, 0.25) is 0 Å². The molecule has 6 atom stereocenters. The third-order valence-corrected chi connectivity index (χ3v) is 9.29. The molecule has 0 aromatic rings. The van der Waals surface area contributed by atoms with E-state index in [9.17, 15) is 9.59 Å². The second kappa shape index (κ2) is 4.98. The molecule has 136 valence electrons. The summed E-state index contributed by atoms with van der Waals surface area (Å²) in [5.41, 5.74) is 1.68. The molecule has 4 aliphatic carbocycles. The van der Waals surface area contributed by atoms with Crippen LogP contribution in [0.1, 0.15) is 78.1 Å². The summed E-state index contributed by atoms with van der Waals surface area (Å²) in [7, 11) is 0. The number of carbonyl (C=O) groups is 2. The molecule has 5 aliphatic rings. The molecule has 0 bridgehead atoms. The average Bonchev–Trinajstić information content (AvgIpc) is 3.10. The summed E-state index contributed by atoms with van der Waals surface area (Å²) in [5, 5.41) is 0. The molecule has 3 heteroatoms. The molecule has 2 unspecified atom stereocenters. The molecule has 25 heavy (non-hydrogen) atoms. The van der Waals surface area contributed by atoms with E-state index >= 15 is 0 Å². The maximum atomic E-state index is 11.9. The zero-order chi connectivity index (χ0) is 17.4. The van der Waals surface area contributed by atoms with Crippen molar-refractivity contribution in [2.45, 2.75) is 83.7 Å². The van der Waals surface area contributed by atoms with Crippen LogP contribution in [0.25, 0.3) is 0 Å². The van der Waals surface area contributed by atoms with Gasteiger partial charge in [-0.05, 0) is 80.6 Å². The number of carbonyl (C=O) groups excluding carboxylic acids is 2. The fraction of sp³-hybridized carbons (Fsp3) is 0.818. The number of fused-ring (bicyclic) bond motifs is 6. The molecule has 5 rings (SSSR count). The third-order valence-electron chi connectivity index (χ3n) is 9.29. The SMILES string of the molecule is CC12CCC3[C@@H](CCC4=CC(=O)CC[C@@]43C)[C@@H]1CC[C@@]21CCC(=O)O1. The fourth-order valence-corrected chi connectivity index (χ4v) is 7.85. The summed E-state index contributed by atoms with van der Waals surface area (Å²) in [4.78, 5) is 23.8. The molecule has 0 N–H and O–H groups in total. The number of ether oxygens (including phenoxy) is 1. The standard InChI is InChI=1S/C22H30O3/c1-20-9-5-15(23)13-14(20)3-4-16-17(20)6-10-21(2)18(16)7-11-22(21)12-8-19(24)25-22/h13,16-18H,3-12H2,1-2H3/t16-,17?,18+,20+,21?,22-/m1/s1. The van der Waals surface area contributed by atoms with E-state index in [-0.39, 0.29) is 22.4 Å². The van der Waals surface area contributed by atoms with Gasteiger partial charge in [0.2, 0.25) is 0 Å². The van der Waals surface area contributed by atoms with E-state index in [2.05, 4.69) is 13.8 Å². The maximum absolute atomic E-state index is 11.9. The highest BCUT2D eigenvalue weighted by atomic mass is 16.6. The Kier molecular flexibility index (Phi) is 3.21. The Hall–Kier alpha value is -1.12. The summed E-state index contributed by atoms with van der Waals surface area (Å²) >= 11 is 0. The van der Waals surface area contributed by atoms with Gasteiger partial charge in [0.1, 0.15) is 5.60 Å². The van der Waals surface area contributed by atoms with Crippen molar-refractivity contribution < 1.29 is 14.3 Å². The summed E-state index contributed by atoms with van der Waals surface area (Å²) < 4.78 is 6.01. The summed E-state index contributed by atoms with van der Waals surface area (Å²) in [6.07, 6.45) is 12.3. The van der Waals surface area contributed by atoms with Gasteiger partial charge in [0.05, 0.1) is 0 Å². The normalized spacial score (nSPS) is 51.6. The molecule has 0 amide bonds. The largest absolute Gasteiger partial charge is 0.458 e. The van der Waals surface area contributed by atoms with Gasteiger partial charge in [-0.3, -0.25) is 9.59 Å². The van der Waals surface area contributed by atoms with Gasteiger partial charge in [0.15, 0.2) is 5.78 Å². The lowest BCUT2D eigenvalue weighted by Crippen LogP contribution is -2.54. The highest BCUT2D eigenvalue weighted by molar-refractivity contribution is 5.91. The molecule has 0 aromatic carbocycles. The van der Waals surface area contributed by atoms with Crippen molar-refractivity contribution >= 4 is 11.8 Å². The van der Waals surface area contributed by atoms with Crippen LogP contribution in [0.5, 0.6) is 0 Å². The van der Waals surface area contributed by atoms with Gasteiger partial charge in [-0.2, -0.15) is 0 Å². The molecule has 4 fully saturated rings. The Labute approximate surface area is 150 Å². The van der Waals surface area contributed by atoms with E-state index in [1.165, 1.54) is 31.3 Å². The van der Waals surface area contributed by atoms with Gasteiger partial charge < -0.3 is 4.74 Å². The Balaban J connectivity index is 1.49. The topological polar surface area (TPSA) is 43.4 Å². The van der Waals surface area contributed by atoms with E-state index in [0.29, 0.717) is 24.0 Å². The number of esters is 1.